The van der Waals surface area contributed by atoms with E-state index in [-0.39, 0.29) is 23.7 Å². The topological polar surface area (TPSA) is 81.6 Å². The first kappa shape index (κ1) is 16.5. The number of nitrogens with one attached hydrogen (secondary N) is 1. The minimum atomic E-state index is -0.901. The molecule has 1 atom stereocenters. The highest BCUT2D eigenvalue weighted by Crippen LogP contribution is 2.23. The number of benzene rings is 1. The standard InChI is InChI=1S/C17H22N4O3/c1-19(2)11-17(24)8-9-20(12-17)16(23)14-10-15(22)21(18-14)13-6-4-3-5-7-13/h3-7,10,18,24H,8-9,11-12H2,1-2H3. The van der Waals surface area contributed by atoms with Gasteiger partial charge < -0.3 is 14.9 Å². The average Bonchev–Trinajstić information content (AvgIpc) is 3.10. The van der Waals surface area contributed by atoms with Gasteiger partial charge in [-0.25, -0.2) is 4.68 Å². The molecule has 1 aromatic carbocycles. The number of carbonyl (C=O) groups is 1. The molecule has 0 aliphatic carbocycles. The van der Waals surface area contributed by atoms with Gasteiger partial charge in [-0.05, 0) is 32.6 Å². The van der Waals surface area contributed by atoms with Crippen LogP contribution in [0.25, 0.3) is 5.69 Å². The van der Waals surface area contributed by atoms with Crippen LogP contribution in [0.1, 0.15) is 16.9 Å². The van der Waals surface area contributed by atoms with Crippen LogP contribution in [-0.2, 0) is 0 Å². The van der Waals surface area contributed by atoms with Gasteiger partial charge in [-0.15, -0.1) is 0 Å². The van der Waals surface area contributed by atoms with Crippen molar-refractivity contribution in [3.8, 4) is 5.69 Å². The summed E-state index contributed by atoms with van der Waals surface area (Å²) in [5.74, 6) is -0.267. The van der Waals surface area contributed by atoms with E-state index in [2.05, 4.69) is 5.10 Å². The van der Waals surface area contributed by atoms with Crippen molar-refractivity contribution in [2.75, 3.05) is 33.7 Å². The van der Waals surface area contributed by atoms with Crippen LogP contribution >= 0.6 is 0 Å². The van der Waals surface area contributed by atoms with E-state index in [0.717, 1.165) is 0 Å². The lowest BCUT2D eigenvalue weighted by Gasteiger charge is -2.26. The molecule has 0 radical (unpaired) electrons. The van der Waals surface area contributed by atoms with Crippen molar-refractivity contribution in [1.82, 2.24) is 19.6 Å². The summed E-state index contributed by atoms with van der Waals surface area (Å²) in [5.41, 5.74) is -0.279. The third-order valence-electron chi connectivity index (χ3n) is 4.20. The summed E-state index contributed by atoms with van der Waals surface area (Å²) < 4.78 is 1.34. The van der Waals surface area contributed by atoms with E-state index in [1.54, 1.807) is 17.0 Å². The van der Waals surface area contributed by atoms with E-state index < -0.39 is 5.60 Å². The number of likely N-dealkylation sites (tertiary alicyclic amines) is 1. The largest absolute Gasteiger partial charge is 0.387 e. The molecule has 0 bridgehead atoms. The van der Waals surface area contributed by atoms with E-state index in [4.69, 9.17) is 0 Å². The fraction of sp³-hybridized carbons (Fsp3) is 0.412. The normalized spacial score (nSPS) is 20.8. The van der Waals surface area contributed by atoms with Gasteiger partial charge in [-0.2, -0.15) is 0 Å². The Balaban J connectivity index is 1.79. The van der Waals surface area contributed by atoms with Gasteiger partial charge in [0.15, 0.2) is 0 Å². The van der Waals surface area contributed by atoms with Crippen molar-refractivity contribution in [3.05, 3.63) is 52.4 Å². The number of amides is 1. The van der Waals surface area contributed by atoms with Crippen molar-refractivity contribution in [1.29, 1.82) is 0 Å². The first-order valence-electron chi connectivity index (χ1n) is 7.92. The number of carbonyl (C=O) groups excluding carboxylic acids is 1. The van der Waals surface area contributed by atoms with Crippen LogP contribution in [0, 0.1) is 0 Å². The number of H-pyrrole nitrogens is 1. The van der Waals surface area contributed by atoms with Gasteiger partial charge in [0.2, 0.25) is 0 Å². The Hall–Kier alpha value is -2.38. The molecule has 7 heteroatoms. The molecule has 1 aliphatic rings. The number of likely N-dealkylation sites (N-methyl/N-ethyl adjacent to an activating group) is 1. The fourth-order valence-corrected chi connectivity index (χ4v) is 3.19. The minimum Gasteiger partial charge on any atom is -0.387 e. The van der Waals surface area contributed by atoms with E-state index in [1.165, 1.54) is 10.7 Å². The van der Waals surface area contributed by atoms with E-state index in [1.807, 2.05) is 37.2 Å². The number of rotatable bonds is 4. The number of nitrogens with zero attached hydrogens (tertiary/aromatic N) is 3. The molecule has 1 aliphatic heterocycles. The number of para-hydroxylation sites is 1. The monoisotopic (exact) mass is 330 g/mol. The molecule has 0 spiro atoms. The second-order valence-electron chi connectivity index (χ2n) is 6.62. The van der Waals surface area contributed by atoms with E-state index >= 15 is 0 Å². The van der Waals surface area contributed by atoms with Crippen molar-refractivity contribution in [3.63, 3.8) is 0 Å². The number of aliphatic hydroxyl groups is 1. The van der Waals surface area contributed by atoms with Crippen LogP contribution in [0.2, 0.25) is 0 Å². The van der Waals surface area contributed by atoms with Crippen LogP contribution in [-0.4, -0.2) is 69.9 Å². The number of β-amino-alcohol motifs (C(OH)–C–C–N with tert-alkyl or cyclic N) is 1. The second-order valence-corrected chi connectivity index (χ2v) is 6.62. The smallest absolute Gasteiger partial charge is 0.272 e. The summed E-state index contributed by atoms with van der Waals surface area (Å²) >= 11 is 0. The van der Waals surface area contributed by atoms with Crippen LogP contribution in [0.5, 0.6) is 0 Å². The Morgan fingerprint density at radius 3 is 2.71 bits per heavy atom. The number of hydrogen-bond acceptors (Lipinski definition) is 4. The molecule has 2 heterocycles. The lowest BCUT2D eigenvalue weighted by atomic mass is 10.0. The van der Waals surface area contributed by atoms with Gasteiger partial charge in [0.1, 0.15) is 5.69 Å². The number of aromatic amines is 1. The predicted octanol–water partition coefficient (Wildman–Crippen LogP) is 0.304. The Labute approximate surface area is 140 Å². The van der Waals surface area contributed by atoms with E-state index in [9.17, 15) is 14.7 Å². The third kappa shape index (κ3) is 3.27. The summed E-state index contributed by atoms with van der Waals surface area (Å²) in [7, 11) is 3.78. The molecule has 128 valence electrons. The van der Waals surface area contributed by atoms with Crippen molar-refractivity contribution in [2.45, 2.75) is 12.0 Å². The first-order valence-corrected chi connectivity index (χ1v) is 7.92. The summed E-state index contributed by atoms with van der Waals surface area (Å²) in [5, 5.41) is 13.4. The highest BCUT2D eigenvalue weighted by Gasteiger charge is 2.39. The molecule has 1 aromatic heterocycles. The Morgan fingerprint density at radius 2 is 2.04 bits per heavy atom. The SMILES string of the molecule is CN(C)CC1(O)CCN(C(=O)c2cc(=O)n(-c3ccccc3)[nH]2)C1. The van der Waals surface area contributed by atoms with Crippen LogP contribution in [0.3, 0.4) is 0 Å². The first-order chi connectivity index (χ1) is 11.4. The van der Waals surface area contributed by atoms with Gasteiger partial charge in [-0.3, -0.25) is 14.7 Å². The molecule has 7 nitrogen and oxygen atoms in total. The van der Waals surface area contributed by atoms with Gasteiger partial charge in [0.05, 0.1) is 17.8 Å². The molecule has 1 saturated heterocycles. The van der Waals surface area contributed by atoms with Crippen LogP contribution in [0.4, 0.5) is 0 Å². The van der Waals surface area contributed by atoms with Crippen LogP contribution in [0.15, 0.2) is 41.2 Å². The van der Waals surface area contributed by atoms with Gasteiger partial charge in [-0.1, -0.05) is 18.2 Å². The number of aromatic nitrogens is 2. The molecule has 3 rings (SSSR count). The average molecular weight is 330 g/mol. The minimum absolute atomic E-state index is 0.234. The van der Waals surface area contributed by atoms with Crippen molar-refractivity contribution in [2.24, 2.45) is 0 Å². The fourth-order valence-electron chi connectivity index (χ4n) is 3.19. The van der Waals surface area contributed by atoms with Crippen molar-refractivity contribution < 1.29 is 9.90 Å². The summed E-state index contributed by atoms with van der Waals surface area (Å²) in [6.45, 7) is 1.24. The molecular weight excluding hydrogens is 308 g/mol. The maximum Gasteiger partial charge on any atom is 0.272 e. The Kier molecular flexibility index (Phi) is 4.29. The lowest BCUT2D eigenvalue weighted by Crippen LogP contribution is -2.43. The summed E-state index contributed by atoms with van der Waals surface area (Å²) in [4.78, 5) is 28.3. The molecule has 2 N–H and O–H groups in total. The van der Waals surface area contributed by atoms with Gasteiger partial charge >= 0.3 is 0 Å². The molecule has 0 saturated carbocycles. The predicted molar refractivity (Wildman–Crippen MR) is 90.4 cm³/mol. The molecule has 1 unspecified atom stereocenters. The highest BCUT2D eigenvalue weighted by molar-refractivity contribution is 5.92. The quantitative estimate of drug-likeness (QED) is 0.845. The Morgan fingerprint density at radius 1 is 1.33 bits per heavy atom. The summed E-state index contributed by atoms with van der Waals surface area (Å²) in [6.07, 6.45) is 0.528. The molecule has 1 amide bonds. The van der Waals surface area contributed by atoms with Crippen LogP contribution < -0.4 is 5.56 Å². The maximum atomic E-state index is 12.6. The second kappa shape index (κ2) is 6.26. The molecule has 2 aromatic rings. The highest BCUT2D eigenvalue weighted by atomic mass is 16.3. The third-order valence-corrected chi connectivity index (χ3v) is 4.20. The van der Waals surface area contributed by atoms with Crippen molar-refractivity contribution >= 4 is 5.91 Å². The zero-order valence-corrected chi connectivity index (χ0v) is 13.9. The Bertz CT molecular complexity index is 781. The molecule has 1 fully saturated rings. The molecule has 24 heavy (non-hydrogen) atoms. The molecular formula is C17H22N4O3. The van der Waals surface area contributed by atoms with Gasteiger partial charge in [0, 0.05) is 19.2 Å². The summed E-state index contributed by atoms with van der Waals surface area (Å²) in [6, 6.07) is 10.4. The zero-order valence-electron chi connectivity index (χ0n) is 13.9. The number of hydrogen-bond donors (Lipinski definition) is 2. The maximum absolute atomic E-state index is 12.6. The zero-order chi connectivity index (χ0) is 17.3. The van der Waals surface area contributed by atoms with E-state index in [0.29, 0.717) is 25.2 Å². The van der Waals surface area contributed by atoms with Gasteiger partial charge in [0.25, 0.3) is 11.5 Å². The lowest BCUT2D eigenvalue weighted by molar-refractivity contribution is 0.0235.